The van der Waals surface area contributed by atoms with Gasteiger partial charge in [-0.1, -0.05) is 0 Å². The highest BCUT2D eigenvalue weighted by Gasteiger charge is 2.44. The van der Waals surface area contributed by atoms with E-state index in [1.807, 2.05) is 24.4 Å². The van der Waals surface area contributed by atoms with E-state index in [0.717, 1.165) is 11.3 Å². The van der Waals surface area contributed by atoms with Crippen molar-refractivity contribution in [2.75, 3.05) is 12.5 Å². The number of methoxy groups -OCH3 is 1. The number of ether oxygens (including phenoxy) is 1. The fourth-order valence-electron chi connectivity index (χ4n) is 2.70. The van der Waals surface area contributed by atoms with Gasteiger partial charge in [0.15, 0.2) is 0 Å². The number of carbonyl (C=O) groups is 2. The molecule has 1 aromatic carbocycles. The Labute approximate surface area is 161 Å². The second kappa shape index (κ2) is 7.36. The summed E-state index contributed by atoms with van der Waals surface area (Å²) >= 11 is 1.47. The van der Waals surface area contributed by atoms with Crippen LogP contribution in [0.2, 0.25) is 0 Å². The first kappa shape index (κ1) is 18.8. The summed E-state index contributed by atoms with van der Waals surface area (Å²) in [7, 11) is 1.55. The van der Waals surface area contributed by atoms with Crippen LogP contribution in [0.15, 0.2) is 28.7 Å². The van der Waals surface area contributed by atoms with E-state index in [1.165, 1.54) is 16.2 Å². The molecule has 1 aromatic heterocycles. The molecule has 27 heavy (non-hydrogen) atoms. The predicted molar refractivity (Wildman–Crippen MR) is 104 cm³/mol. The molecule has 2 heterocycles. The Kier molecular flexibility index (Phi) is 5.13. The number of hydrogen-bond acceptors (Lipinski definition) is 7. The summed E-state index contributed by atoms with van der Waals surface area (Å²) in [5.41, 5.74) is 4.42. The zero-order chi connectivity index (χ0) is 19.6. The maximum atomic E-state index is 12.4. The van der Waals surface area contributed by atoms with E-state index >= 15 is 0 Å². The number of nitrogens with one attached hydrogen (secondary N) is 2. The van der Waals surface area contributed by atoms with Crippen LogP contribution < -0.4 is 15.5 Å². The van der Waals surface area contributed by atoms with Gasteiger partial charge in [-0.25, -0.2) is 9.78 Å². The van der Waals surface area contributed by atoms with Crippen LogP contribution >= 0.6 is 11.3 Å². The standard InChI is InChI=1S/C18H21N5O3S/c1-11-10-27-16(20-11)22-19-8-12-5-6-14(26-4)13(7-12)9-23-15(24)18(2,3)21-17(23)25/h5-8,10H,9H2,1-4H3,(H,20,22)(H,21,25). The van der Waals surface area contributed by atoms with Crippen LogP contribution in [0.1, 0.15) is 30.7 Å². The van der Waals surface area contributed by atoms with Crippen molar-refractivity contribution in [1.82, 2.24) is 15.2 Å². The van der Waals surface area contributed by atoms with Crippen molar-refractivity contribution in [3.63, 3.8) is 0 Å². The Morgan fingerprint density at radius 3 is 2.78 bits per heavy atom. The number of imide groups is 1. The molecular formula is C18H21N5O3S. The smallest absolute Gasteiger partial charge is 0.325 e. The van der Waals surface area contributed by atoms with Crippen LogP contribution in [-0.4, -0.2) is 40.7 Å². The van der Waals surface area contributed by atoms with Gasteiger partial charge in [0.1, 0.15) is 11.3 Å². The molecule has 0 bridgehead atoms. The van der Waals surface area contributed by atoms with Crippen molar-refractivity contribution in [3.05, 3.63) is 40.4 Å². The van der Waals surface area contributed by atoms with Gasteiger partial charge in [0, 0.05) is 10.9 Å². The number of hydrazone groups is 1. The highest BCUT2D eigenvalue weighted by molar-refractivity contribution is 7.13. The number of amides is 3. The molecule has 0 aliphatic carbocycles. The zero-order valence-corrected chi connectivity index (χ0v) is 16.4. The molecule has 1 aliphatic rings. The summed E-state index contributed by atoms with van der Waals surface area (Å²) in [5.74, 6) is 0.329. The van der Waals surface area contributed by atoms with Gasteiger partial charge >= 0.3 is 6.03 Å². The lowest BCUT2D eigenvalue weighted by Gasteiger charge is -2.17. The Bertz CT molecular complexity index is 906. The van der Waals surface area contributed by atoms with Gasteiger partial charge in [-0.2, -0.15) is 5.10 Å². The van der Waals surface area contributed by atoms with Crippen LogP contribution in [0.5, 0.6) is 5.75 Å². The highest BCUT2D eigenvalue weighted by atomic mass is 32.1. The number of benzene rings is 1. The topological polar surface area (TPSA) is 95.9 Å². The number of anilines is 1. The summed E-state index contributed by atoms with van der Waals surface area (Å²) in [6, 6.07) is 5.06. The van der Waals surface area contributed by atoms with Crippen LogP contribution in [0.4, 0.5) is 9.93 Å². The predicted octanol–water partition coefficient (Wildman–Crippen LogP) is 2.74. The molecule has 142 valence electrons. The maximum absolute atomic E-state index is 12.4. The first-order valence-corrected chi connectivity index (χ1v) is 9.20. The van der Waals surface area contributed by atoms with Gasteiger partial charge < -0.3 is 10.1 Å². The molecule has 1 saturated heterocycles. The Hall–Kier alpha value is -2.94. The molecule has 0 radical (unpaired) electrons. The fraction of sp³-hybridized carbons (Fsp3) is 0.333. The van der Waals surface area contributed by atoms with Gasteiger partial charge in [-0.05, 0) is 44.5 Å². The number of hydrogen-bond donors (Lipinski definition) is 2. The van der Waals surface area contributed by atoms with Crippen LogP contribution in [0.25, 0.3) is 0 Å². The largest absolute Gasteiger partial charge is 0.496 e. The second-order valence-electron chi connectivity index (χ2n) is 6.68. The molecule has 1 fully saturated rings. The molecule has 0 atom stereocenters. The molecule has 0 saturated carbocycles. The van der Waals surface area contributed by atoms with Gasteiger partial charge in [-0.3, -0.25) is 15.1 Å². The number of aryl methyl sites for hydroxylation is 1. The first-order chi connectivity index (χ1) is 12.8. The number of urea groups is 1. The number of carbonyl (C=O) groups excluding carboxylic acids is 2. The summed E-state index contributed by atoms with van der Waals surface area (Å²) in [6.45, 7) is 5.40. The van der Waals surface area contributed by atoms with Crippen LogP contribution in [-0.2, 0) is 11.3 Å². The van der Waals surface area contributed by atoms with Crippen molar-refractivity contribution in [3.8, 4) is 5.75 Å². The third-order valence-electron chi connectivity index (χ3n) is 4.07. The van der Waals surface area contributed by atoms with E-state index in [2.05, 4.69) is 20.8 Å². The van der Waals surface area contributed by atoms with Crippen molar-refractivity contribution in [1.29, 1.82) is 0 Å². The molecule has 1 aliphatic heterocycles. The lowest BCUT2D eigenvalue weighted by atomic mass is 10.1. The number of thiazole rings is 1. The monoisotopic (exact) mass is 387 g/mol. The summed E-state index contributed by atoms with van der Waals surface area (Å²) in [5, 5.41) is 9.49. The third kappa shape index (κ3) is 4.08. The quantitative estimate of drug-likeness (QED) is 0.451. The molecule has 3 amide bonds. The van der Waals surface area contributed by atoms with Gasteiger partial charge in [0.25, 0.3) is 5.91 Å². The highest BCUT2D eigenvalue weighted by Crippen LogP contribution is 2.25. The Morgan fingerprint density at radius 2 is 2.19 bits per heavy atom. The van der Waals surface area contributed by atoms with E-state index in [0.29, 0.717) is 16.4 Å². The van der Waals surface area contributed by atoms with E-state index < -0.39 is 11.6 Å². The zero-order valence-electron chi connectivity index (χ0n) is 15.6. The number of rotatable bonds is 6. The molecule has 2 aromatic rings. The Balaban J connectivity index is 1.77. The van der Waals surface area contributed by atoms with Gasteiger partial charge in [0.05, 0.1) is 25.6 Å². The average Bonchev–Trinajstić information content (AvgIpc) is 3.11. The van der Waals surface area contributed by atoms with Crippen LogP contribution in [0.3, 0.4) is 0 Å². The molecule has 3 rings (SSSR count). The van der Waals surface area contributed by atoms with Gasteiger partial charge in [0.2, 0.25) is 5.13 Å². The van der Waals surface area contributed by atoms with Crippen molar-refractivity contribution < 1.29 is 14.3 Å². The van der Waals surface area contributed by atoms with Crippen molar-refractivity contribution in [2.45, 2.75) is 32.9 Å². The summed E-state index contributed by atoms with van der Waals surface area (Å²) < 4.78 is 5.37. The second-order valence-corrected chi connectivity index (χ2v) is 7.54. The minimum absolute atomic E-state index is 0.123. The van der Waals surface area contributed by atoms with E-state index in [4.69, 9.17) is 4.74 Å². The molecule has 2 N–H and O–H groups in total. The van der Waals surface area contributed by atoms with E-state index in [-0.39, 0.29) is 12.5 Å². The van der Waals surface area contributed by atoms with Crippen LogP contribution in [0, 0.1) is 6.92 Å². The van der Waals surface area contributed by atoms with Crippen molar-refractivity contribution >= 4 is 34.6 Å². The first-order valence-electron chi connectivity index (χ1n) is 8.32. The number of aromatic nitrogens is 1. The molecular weight excluding hydrogens is 366 g/mol. The Morgan fingerprint density at radius 1 is 1.41 bits per heavy atom. The minimum Gasteiger partial charge on any atom is -0.496 e. The molecule has 9 heteroatoms. The van der Waals surface area contributed by atoms with Crippen molar-refractivity contribution in [2.24, 2.45) is 5.10 Å². The fourth-order valence-corrected chi connectivity index (χ4v) is 3.34. The SMILES string of the molecule is COc1ccc(C=NNc2nc(C)cs2)cc1CN1C(=O)NC(C)(C)C1=O. The van der Waals surface area contributed by atoms with E-state index in [1.54, 1.807) is 33.2 Å². The number of nitrogens with zero attached hydrogens (tertiary/aromatic N) is 3. The van der Waals surface area contributed by atoms with Gasteiger partial charge in [-0.15, -0.1) is 11.3 Å². The van der Waals surface area contributed by atoms with E-state index in [9.17, 15) is 9.59 Å². The molecule has 0 unspecified atom stereocenters. The lowest BCUT2D eigenvalue weighted by molar-refractivity contribution is -0.130. The lowest BCUT2D eigenvalue weighted by Crippen LogP contribution is -2.40. The summed E-state index contributed by atoms with van der Waals surface area (Å²) in [4.78, 5) is 30.0. The average molecular weight is 387 g/mol. The maximum Gasteiger partial charge on any atom is 0.325 e. The minimum atomic E-state index is -0.904. The summed E-state index contributed by atoms with van der Waals surface area (Å²) in [6.07, 6.45) is 1.65. The molecule has 0 spiro atoms. The third-order valence-corrected chi connectivity index (χ3v) is 4.93. The molecule has 8 nitrogen and oxygen atoms in total. The normalized spacial score (nSPS) is 16.1.